The Hall–Kier alpha value is -4.07. The summed E-state index contributed by atoms with van der Waals surface area (Å²) in [6.07, 6.45) is 6.00. The molecule has 1 atom stereocenters. The van der Waals surface area contributed by atoms with E-state index in [1.54, 1.807) is 17.2 Å². The minimum Gasteiger partial charge on any atom is -0.439 e. The molecule has 5 rings (SSSR count). The number of nitrogens with zero attached hydrogens (tertiary/aromatic N) is 6. The van der Waals surface area contributed by atoms with Crippen LogP contribution in [0.15, 0.2) is 67.3 Å². The second-order valence-electron chi connectivity index (χ2n) is 8.55. The zero-order chi connectivity index (χ0) is 23.5. The van der Waals surface area contributed by atoms with E-state index in [1.165, 1.54) is 0 Å². The van der Waals surface area contributed by atoms with Crippen LogP contribution in [0.5, 0.6) is 11.6 Å². The maximum absolute atomic E-state index is 13.6. The number of carbonyl (C=O) groups is 1. The van der Waals surface area contributed by atoms with E-state index in [4.69, 9.17) is 14.7 Å². The summed E-state index contributed by atoms with van der Waals surface area (Å²) >= 11 is 0. The largest absolute Gasteiger partial charge is 0.439 e. The molecule has 2 aromatic heterocycles. The Balaban J connectivity index is 1.43. The summed E-state index contributed by atoms with van der Waals surface area (Å²) < 4.78 is 7.79. The fourth-order valence-electron chi connectivity index (χ4n) is 4.23. The summed E-state index contributed by atoms with van der Waals surface area (Å²) in [7, 11) is 0. The van der Waals surface area contributed by atoms with Crippen molar-refractivity contribution in [2.75, 3.05) is 6.54 Å². The molecule has 0 spiro atoms. The molecule has 1 saturated heterocycles. The van der Waals surface area contributed by atoms with Gasteiger partial charge in [0.2, 0.25) is 5.88 Å². The number of likely N-dealkylation sites (tertiary alicyclic amines) is 1. The van der Waals surface area contributed by atoms with Crippen molar-refractivity contribution < 1.29 is 9.53 Å². The fraction of sp³-hybridized carbons (Fsp3) is 0.269. The Morgan fingerprint density at radius 2 is 1.76 bits per heavy atom. The summed E-state index contributed by atoms with van der Waals surface area (Å²) in [6, 6.07) is 17.0. The molecule has 3 heterocycles. The predicted molar refractivity (Wildman–Crippen MR) is 127 cm³/mol. The average Bonchev–Trinajstić information content (AvgIpc) is 3.40. The van der Waals surface area contributed by atoms with Gasteiger partial charge in [-0.15, -0.1) is 10.2 Å². The molecule has 4 aromatic rings. The van der Waals surface area contributed by atoms with Crippen LogP contribution in [0.3, 0.4) is 0 Å². The van der Waals surface area contributed by atoms with Crippen LogP contribution in [-0.4, -0.2) is 42.1 Å². The molecule has 0 bridgehead atoms. The summed E-state index contributed by atoms with van der Waals surface area (Å²) in [5.41, 5.74) is 3.42. The van der Waals surface area contributed by atoms with Crippen molar-refractivity contribution in [2.24, 2.45) is 0 Å². The molecule has 1 fully saturated rings. The van der Waals surface area contributed by atoms with Crippen molar-refractivity contribution in [3.05, 3.63) is 89.9 Å². The average molecular weight is 455 g/mol. The van der Waals surface area contributed by atoms with Crippen LogP contribution in [0.25, 0.3) is 5.69 Å². The van der Waals surface area contributed by atoms with Crippen LogP contribution in [0.2, 0.25) is 0 Å². The van der Waals surface area contributed by atoms with E-state index in [2.05, 4.69) is 10.2 Å². The summed E-state index contributed by atoms with van der Waals surface area (Å²) in [5, 5.41) is 7.71. The van der Waals surface area contributed by atoms with E-state index in [0.717, 1.165) is 42.0 Å². The Labute approximate surface area is 198 Å². The van der Waals surface area contributed by atoms with Gasteiger partial charge in [-0.05, 0) is 63.4 Å². The molecule has 0 aliphatic carbocycles. The molecule has 2 aromatic carbocycles. The molecule has 0 saturated carbocycles. The monoisotopic (exact) mass is 454 g/mol. The minimum atomic E-state index is -0.208. The van der Waals surface area contributed by atoms with Crippen LogP contribution in [0.4, 0.5) is 0 Å². The summed E-state index contributed by atoms with van der Waals surface area (Å²) in [6.45, 7) is 4.62. The van der Waals surface area contributed by atoms with Crippen LogP contribution >= 0.6 is 0 Å². The third-order valence-electron chi connectivity index (χ3n) is 5.96. The zero-order valence-corrected chi connectivity index (χ0v) is 19.3. The number of piperidine rings is 1. The molecule has 1 unspecified atom stereocenters. The Bertz CT molecular complexity index is 1290. The van der Waals surface area contributed by atoms with Gasteiger partial charge in [-0.25, -0.2) is 4.98 Å². The number of hydrogen-bond donors (Lipinski definition) is 0. The van der Waals surface area contributed by atoms with Gasteiger partial charge in [-0.2, -0.15) is 4.98 Å². The Kier molecular flexibility index (Phi) is 6.03. The fourth-order valence-corrected chi connectivity index (χ4v) is 4.23. The SMILES string of the molecule is Cc1ccc(Oc2cc(C)nc(C3CCCCN3C(=O)c3cccc(-n4cnnc4)c3)n2)cc1. The van der Waals surface area contributed by atoms with Gasteiger partial charge in [0.1, 0.15) is 18.4 Å². The molecule has 34 heavy (non-hydrogen) atoms. The molecule has 8 heteroatoms. The van der Waals surface area contributed by atoms with Gasteiger partial charge >= 0.3 is 0 Å². The third kappa shape index (κ3) is 4.66. The Morgan fingerprint density at radius 1 is 0.971 bits per heavy atom. The first-order valence-electron chi connectivity index (χ1n) is 11.4. The molecule has 0 N–H and O–H groups in total. The first-order valence-corrected chi connectivity index (χ1v) is 11.4. The highest BCUT2D eigenvalue weighted by molar-refractivity contribution is 5.95. The lowest BCUT2D eigenvalue weighted by Gasteiger charge is -2.35. The van der Waals surface area contributed by atoms with Crippen LogP contribution in [-0.2, 0) is 0 Å². The van der Waals surface area contributed by atoms with Gasteiger partial charge in [-0.3, -0.25) is 9.36 Å². The smallest absolute Gasteiger partial charge is 0.254 e. The molecule has 172 valence electrons. The van der Waals surface area contributed by atoms with E-state index >= 15 is 0 Å². The van der Waals surface area contributed by atoms with Crippen LogP contribution < -0.4 is 4.74 Å². The van der Waals surface area contributed by atoms with Gasteiger partial charge in [0.05, 0.1) is 6.04 Å². The van der Waals surface area contributed by atoms with E-state index in [-0.39, 0.29) is 11.9 Å². The quantitative estimate of drug-likeness (QED) is 0.429. The van der Waals surface area contributed by atoms with Crippen molar-refractivity contribution in [3.8, 4) is 17.3 Å². The zero-order valence-electron chi connectivity index (χ0n) is 19.3. The van der Waals surface area contributed by atoms with Gasteiger partial charge < -0.3 is 9.64 Å². The first-order chi connectivity index (χ1) is 16.6. The number of aryl methyl sites for hydroxylation is 2. The number of aromatic nitrogens is 5. The maximum atomic E-state index is 13.6. The minimum absolute atomic E-state index is 0.0364. The number of amides is 1. The summed E-state index contributed by atoms with van der Waals surface area (Å²) in [5.74, 6) is 1.78. The molecule has 8 nitrogen and oxygen atoms in total. The number of ether oxygens (including phenoxy) is 1. The van der Waals surface area contributed by atoms with Crippen molar-refractivity contribution >= 4 is 5.91 Å². The van der Waals surface area contributed by atoms with Crippen molar-refractivity contribution in [1.29, 1.82) is 0 Å². The lowest BCUT2D eigenvalue weighted by molar-refractivity contribution is 0.0598. The van der Waals surface area contributed by atoms with Gasteiger partial charge in [0.25, 0.3) is 5.91 Å². The van der Waals surface area contributed by atoms with Gasteiger partial charge in [0.15, 0.2) is 5.82 Å². The van der Waals surface area contributed by atoms with E-state index in [0.29, 0.717) is 23.8 Å². The molecule has 0 radical (unpaired) electrons. The number of benzene rings is 2. The standard InChI is InChI=1S/C26H26N6O2/c1-18-9-11-22(12-10-18)34-24-14-19(2)29-25(30-24)23-8-3-4-13-32(23)26(33)20-6-5-7-21(15-20)31-16-27-28-17-31/h5-7,9-12,14-17,23H,3-4,8,13H2,1-2H3. The Morgan fingerprint density at radius 3 is 2.56 bits per heavy atom. The maximum Gasteiger partial charge on any atom is 0.254 e. The topological polar surface area (TPSA) is 86.0 Å². The normalized spacial score (nSPS) is 15.8. The summed E-state index contributed by atoms with van der Waals surface area (Å²) in [4.78, 5) is 24.9. The van der Waals surface area contributed by atoms with Crippen LogP contribution in [0.1, 0.15) is 52.7 Å². The second-order valence-corrected chi connectivity index (χ2v) is 8.55. The lowest BCUT2D eigenvalue weighted by atomic mass is 9.99. The lowest BCUT2D eigenvalue weighted by Crippen LogP contribution is -2.39. The molecule has 1 aliphatic rings. The highest BCUT2D eigenvalue weighted by Gasteiger charge is 2.31. The highest BCUT2D eigenvalue weighted by Crippen LogP contribution is 2.32. The van der Waals surface area contributed by atoms with E-state index in [1.807, 2.05) is 73.3 Å². The molecule has 1 amide bonds. The first kappa shape index (κ1) is 21.8. The van der Waals surface area contributed by atoms with Crippen molar-refractivity contribution in [2.45, 2.75) is 39.2 Å². The number of rotatable bonds is 5. The van der Waals surface area contributed by atoms with Gasteiger partial charge in [0, 0.05) is 29.6 Å². The van der Waals surface area contributed by atoms with Crippen LogP contribution in [0, 0.1) is 13.8 Å². The van der Waals surface area contributed by atoms with E-state index < -0.39 is 0 Å². The number of carbonyl (C=O) groups excluding carboxylic acids is 1. The molecular formula is C26H26N6O2. The molecule has 1 aliphatic heterocycles. The second kappa shape index (κ2) is 9.43. The van der Waals surface area contributed by atoms with Gasteiger partial charge in [-0.1, -0.05) is 23.8 Å². The third-order valence-corrected chi connectivity index (χ3v) is 5.96. The highest BCUT2D eigenvalue weighted by atomic mass is 16.5. The van der Waals surface area contributed by atoms with E-state index in [9.17, 15) is 4.79 Å². The van der Waals surface area contributed by atoms with Crippen molar-refractivity contribution in [3.63, 3.8) is 0 Å². The molecular weight excluding hydrogens is 428 g/mol. The number of hydrogen-bond acceptors (Lipinski definition) is 6. The predicted octanol–water partition coefficient (Wildman–Crippen LogP) is 4.83. The van der Waals surface area contributed by atoms with Crippen molar-refractivity contribution in [1.82, 2.24) is 29.6 Å².